The van der Waals surface area contributed by atoms with E-state index < -0.39 is 0 Å². The number of ether oxygens (including phenoxy) is 1. The van der Waals surface area contributed by atoms with E-state index in [9.17, 15) is 0 Å². The number of rotatable bonds is 7. The van der Waals surface area contributed by atoms with Crippen LogP contribution in [0.3, 0.4) is 0 Å². The molecule has 1 saturated heterocycles. The number of halogens is 1. The molecule has 106 valence electrons. The van der Waals surface area contributed by atoms with Gasteiger partial charge in [-0.3, -0.25) is 0 Å². The highest BCUT2D eigenvalue weighted by Gasteiger charge is 2.21. The number of hydrogen-bond acceptors (Lipinski definition) is 2. The van der Waals surface area contributed by atoms with Gasteiger partial charge in [0.2, 0.25) is 0 Å². The van der Waals surface area contributed by atoms with Gasteiger partial charge in [-0.2, -0.15) is 0 Å². The highest BCUT2D eigenvalue weighted by Crippen LogP contribution is 2.27. The molecule has 2 unspecified atom stereocenters. The van der Waals surface area contributed by atoms with Gasteiger partial charge >= 0.3 is 0 Å². The van der Waals surface area contributed by atoms with E-state index >= 15 is 0 Å². The average molecular weight is 326 g/mol. The van der Waals surface area contributed by atoms with Crippen molar-refractivity contribution in [2.75, 3.05) is 19.7 Å². The summed E-state index contributed by atoms with van der Waals surface area (Å²) in [6, 6.07) is 8.74. The van der Waals surface area contributed by atoms with E-state index in [-0.39, 0.29) is 0 Å². The standard InChI is InChI=1S/C16H24BrNO/c1-2-9-18-12-14(11-16-4-3-10-19-16)13-5-7-15(17)8-6-13/h5-8,14,16,18H,2-4,9-12H2,1H3. The number of hydrogen-bond donors (Lipinski definition) is 1. The molecule has 19 heavy (non-hydrogen) atoms. The molecule has 0 radical (unpaired) electrons. The summed E-state index contributed by atoms with van der Waals surface area (Å²) in [5.41, 5.74) is 1.42. The van der Waals surface area contributed by atoms with Crippen LogP contribution in [0.15, 0.2) is 28.7 Å². The Morgan fingerprint density at radius 2 is 2.16 bits per heavy atom. The Morgan fingerprint density at radius 3 is 2.79 bits per heavy atom. The maximum Gasteiger partial charge on any atom is 0.0582 e. The van der Waals surface area contributed by atoms with Gasteiger partial charge in [-0.25, -0.2) is 0 Å². The van der Waals surface area contributed by atoms with Crippen LogP contribution in [0.25, 0.3) is 0 Å². The molecule has 1 aromatic carbocycles. The van der Waals surface area contributed by atoms with Gasteiger partial charge in [-0.15, -0.1) is 0 Å². The maximum atomic E-state index is 5.80. The van der Waals surface area contributed by atoms with Crippen LogP contribution < -0.4 is 5.32 Å². The summed E-state index contributed by atoms with van der Waals surface area (Å²) < 4.78 is 6.94. The fourth-order valence-corrected chi connectivity index (χ4v) is 2.94. The van der Waals surface area contributed by atoms with Gasteiger partial charge in [-0.1, -0.05) is 35.0 Å². The van der Waals surface area contributed by atoms with Gasteiger partial charge in [-0.05, 0) is 55.8 Å². The molecule has 1 aliphatic rings. The topological polar surface area (TPSA) is 21.3 Å². The van der Waals surface area contributed by atoms with E-state index in [0.717, 1.165) is 30.6 Å². The van der Waals surface area contributed by atoms with E-state index in [0.29, 0.717) is 12.0 Å². The highest BCUT2D eigenvalue weighted by molar-refractivity contribution is 9.10. The Kier molecular flexibility index (Phi) is 6.35. The quantitative estimate of drug-likeness (QED) is 0.762. The molecule has 2 nitrogen and oxygen atoms in total. The molecule has 2 rings (SSSR count). The van der Waals surface area contributed by atoms with Gasteiger partial charge in [0, 0.05) is 17.6 Å². The Labute approximate surface area is 125 Å². The molecule has 0 bridgehead atoms. The first kappa shape index (κ1) is 15.0. The Morgan fingerprint density at radius 1 is 1.37 bits per heavy atom. The van der Waals surface area contributed by atoms with Crippen LogP contribution in [-0.4, -0.2) is 25.8 Å². The smallest absolute Gasteiger partial charge is 0.0582 e. The molecular formula is C16H24BrNO. The van der Waals surface area contributed by atoms with Gasteiger partial charge in [0.05, 0.1) is 6.10 Å². The van der Waals surface area contributed by atoms with E-state index in [2.05, 4.69) is 52.4 Å². The summed E-state index contributed by atoms with van der Waals surface area (Å²) in [6.45, 7) is 5.30. The lowest BCUT2D eigenvalue weighted by Crippen LogP contribution is -2.25. The molecular weight excluding hydrogens is 302 g/mol. The maximum absolute atomic E-state index is 5.80. The van der Waals surface area contributed by atoms with Crippen LogP contribution in [0.1, 0.15) is 44.1 Å². The first-order chi connectivity index (χ1) is 9.29. The minimum Gasteiger partial charge on any atom is -0.378 e. The normalized spacial score (nSPS) is 20.6. The van der Waals surface area contributed by atoms with E-state index in [1.54, 1.807) is 0 Å². The van der Waals surface area contributed by atoms with Crippen LogP contribution in [0.4, 0.5) is 0 Å². The van der Waals surface area contributed by atoms with Crippen molar-refractivity contribution >= 4 is 15.9 Å². The minimum atomic E-state index is 0.456. The summed E-state index contributed by atoms with van der Waals surface area (Å²) in [5, 5.41) is 3.55. The SMILES string of the molecule is CCCNCC(CC1CCCO1)c1ccc(Br)cc1. The lowest BCUT2D eigenvalue weighted by Gasteiger charge is -2.21. The average Bonchev–Trinajstić information content (AvgIpc) is 2.92. The molecule has 1 aromatic rings. The van der Waals surface area contributed by atoms with Gasteiger partial charge in [0.15, 0.2) is 0 Å². The molecule has 0 saturated carbocycles. The van der Waals surface area contributed by atoms with Crippen molar-refractivity contribution < 1.29 is 4.74 Å². The third-order valence-corrected chi connectivity index (χ3v) is 4.26. The van der Waals surface area contributed by atoms with Crippen LogP contribution in [-0.2, 0) is 4.74 Å². The molecule has 2 atom stereocenters. The van der Waals surface area contributed by atoms with Gasteiger partial charge in [0.25, 0.3) is 0 Å². The van der Waals surface area contributed by atoms with E-state index in [1.807, 2.05) is 0 Å². The van der Waals surface area contributed by atoms with Gasteiger partial charge < -0.3 is 10.1 Å². The lowest BCUT2D eigenvalue weighted by atomic mass is 9.92. The Bertz CT molecular complexity index is 360. The second-order valence-electron chi connectivity index (χ2n) is 5.32. The van der Waals surface area contributed by atoms with Crippen molar-refractivity contribution in [1.82, 2.24) is 5.32 Å². The zero-order valence-corrected chi connectivity index (χ0v) is 13.3. The summed E-state index contributed by atoms with van der Waals surface area (Å²) in [7, 11) is 0. The van der Waals surface area contributed by atoms with Crippen LogP contribution in [0.5, 0.6) is 0 Å². The van der Waals surface area contributed by atoms with Crippen LogP contribution in [0.2, 0.25) is 0 Å². The van der Waals surface area contributed by atoms with Crippen molar-refractivity contribution in [3.63, 3.8) is 0 Å². The molecule has 1 N–H and O–H groups in total. The third-order valence-electron chi connectivity index (χ3n) is 3.73. The highest BCUT2D eigenvalue weighted by atomic mass is 79.9. The molecule has 0 aromatic heterocycles. The predicted octanol–water partition coefficient (Wildman–Crippen LogP) is 4.10. The van der Waals surface area contributed by atoms with Crippen molar-refractivity contribution in [1.29, 1.82) is 0 Å². The van der Waals surface area contributed by atoms with Gasteiger partial charge in [0.1, 0.15) is 0 Å². The second kappa shape index (κ2) is 8.03. The van der Waals surface area contributed by atoms with E-state index in [1.165, 1.54) is 24.8 Å². The molecule has 1 aliphatic heterocycles. The summed E-state index contributed by atoms with van der Waals surface area (Å²) >= 11 is 3.51. The minimum absolute atomic E-state index is 0.456. The van der Waals surface area contributed by atoms with Crippen molar-refractivity contribution in [2.24, 2.45) is 0 Å². The fourth-order valence-electron chi connectivity index (χ4n) is 2.67. The first-order valence-corrected chi connectivity index (χ1v) is 8.16. The zero-order chi connectivity index (χ0) is 13.5. The number of nitrogens with one attached hydrogen (secondary N) is 1. The Balaban J connectivity index is 1.97. The predicted molar refractivity (Wildman–Crippen MR) is 83.6 cm³/mol. The second-order valence-corrected chi connectivity index (χ2v) is 6.24. The summed E-state index contributed by atoms with van der Waals surface area (Å²) in [5.74, 6) is 0.558. The van der Waals surface area contributed by atoms with Crippen LogP contribution in [0, 0.1) is 0 Å². The Hall–Kier alpha value is -0.380. The lowest BCUT2D eigenvalue weighted by molar-refractivity contribution is 0.0977. The monoisotopic (exact) mass is 325 g/mol. The molecule has 1 fully saturated rings. The molecule has 3 heteroatoms. The van der Waals surface area contributed by atoms with Crippen LogP contribution >= 0.6 is 15.9 Å². The summed E-state index contributed by atoms with van der Waals surface area (Å²) in [4.78, 5) is 0. The summed E-state index contributed by atoms with van der Waals surface area (Å²) in [6.07, 6.45) is 5.23. The molecule has 0 aliphatic carbocycles. The fraction of sp³-hybridized carbons (Fsp3) is 0.625. The van der Waals surface area contributed by atoms with E-state index in [4.69, 9.17) is 4.74 Å². The zero-order valence-electron chi connectivity index (χ0n) is 11.7. The van der Waals surface area contributed by atoms with Crippen molar-refractivity contribution in [2.45, 2.75) is 44.6 Å². The molecule has 0 amide bonds. The van der Waals surface area contributed by atoms with Crippen molar-refractivity contribution in [3.8, 4) is 0 Å². The molecule has 0 spiro atoms. The third kappa shape index (κ3) is 4.90. The largest absolute Gasteiger partial charge is 0.378 e. The number of benzene rings is 1. The van der Waals surface area contributed by atoms with Crippen molar-refractivity contribution in [3.05, 3.63) is 34.3 Å². The molecule has 1 heterocycles. The first-order valence-electron chi connectivity index (χ1n) is 7.37.